The monoisotopic (exact) mass is 393 g/mol. The third kappa shape index (κ3) is 4.32. The number of para-hydroxylation sites is 1. The summed E-state index contributed by atoms with van der Waals surface area (Å²) >= 11 is 0. The minimum atomic E-state index is -0.659. The number of nitrogen functional groups attached to an aromatic ring is 1. The fraction of sp³-hybridized carbons (Fsp3) is 0.0952. The molecular formula is C21H16FN3O4. The quantitative estimate of drug-likeness (QED) is 0.496. The maximum atomic E-state index is 12.9. The van der Waals surface area contributed by atoms with E-state index in [0.717, 1.165) is 5.39 Å². The highest BCUT2D eigenvalue weighted by Gasteiger charge is 2.15. The first-order valence-corrected chi connectivity index (χ1v) is 8.74. The normalized spacial score (nSPS) is 10.8. The highest BCUT2D eigenvalue weighted by atomic mass is 19.1. The lowest BCUT2D eigenvalue weighted by atomic mass is 10.2. The summed E-state index contributed by atoms with van der Waals surface area (Å²) < 4.78 is 29.0. The van der Waals surface area contributed by atoms with Gasteiger partial charge in [-0.15, -0.1) is 0 Å². The summed E-state index contributed by atoms with van der Waals surface area (Å²) in [6, 6.07) is 16.0. The van der Waals surface area contributed by atoms with Crippen LogP contribution in [0, 0.1) is 5.82 Å². The molecule has 0 saturated carbocycles. The molecule has 0 atom stereocenters. The zero-order valence-corrected chi connectivity index (χ0v) is 15.2. The molecule has 2 aromatic carbocycles. The van der Waals surface area contributed by atoms with E-state index >= 15 is 0 Å². The topological polar surface area (TPSA) is 100 Å². The van der Waals surface area contributed by atoms with Gasteiger partial charge in [-0.2, -0.15) is 0 Å². The largest absolute Gasteiger partial charge is 0.486 e. The Bertz CT molecular complexity index is 1160. The highest BCUT2D eigenvalue weighted by Crippen LogP contribution is 2.18. The SMILES string of the molecule is Nc1nc(COC(=O)c2ccc(COc3ccc(F)cc3)o2)nc2ccccc12. The lowest BCUT2D eigenvalue weighted by Gasteiger charge is -2.06. The lowest BCUT2D eigenvalue weighted by Crippen LogP contribution is -2.08. The number of fused-ring (bicyclic) bond motifs is 1. The van der Waals surface area contributed by atoms with Crippen LogP contribution in [0.4, 0.5) is 10.2 Å². The van der Waals surface area contributed by atoms with Crippen LogP contribution in [0.2, 0.25) is 0 Å². The van der Waals surface area contributed by atoms with Crippen molar-refractivity contribution in [3.05, 3.63) is 83.8 Å². The Morgan fingerprint density at radius 1 is 1.00 bits per heavy atom. The molecule has 0 aliphatic rings. The van der Waals surface area contributed by atoms with Crippen molar-refractivity contribution in [3.8, 4) is 5.75 Å². The maximum Gasteiger partial charge on any atom is 0.374 e. The van der Waals surface area contributed by atoms with Crippen LogP contribution in [0.15, 0.2) is 65.1 Å². The molecule has 0 radical (unpaired) electrons. The van der Waals surface area contributed by atoms with Crippen molar-refractivity contribution in [1.82, 2.24) is 9.97 Å². The lowest BCUT2D eigenvalue weighted by molar-refractivity contribution is 0.0422. The van der Waals surface area contributed by atoms with E-state index in [1.165, 1.54) is 30.3 Å². The number of nitrogens with two attached hydrogens (primary N) is 1. The third-order valence-corrected chi connectivity index (χ3v) is 4.07. The number of carbonyl (C=O) groups excluding carboxylic acids is 1. The number of rotatable bonds is 6. The number of nitrogens with zero attached hydrogens (tertiary/aromatic N) is 2. The van der Waals surface area contributed by atoms with Crippen LogP contribution >= 0.6 is 0 Å². The number of halogens is 1. The number of ether oxygens (including phenoxy) is 2. The first-order valence-electron chi connectivity index (χ1n) is 8.74. The minimum Gasteiger partial charge on any atom is -0.486 e. The first kappa shape index (κ1) is 18.4. The second-order valence-electron chi connectivity index (χ2n) is 6.13. The number of carbonyl (C=O) groups is 1. The molecule has 0 bridgehead atoms. The maximum absolute atomic E-state index is 12.9. The van der Waals surface area contributed by atoms with Gasteiger partial charge in [0, 0.05) is 5.39 Å². The number of esters is 1. The molecule has 2 heterocycles. The van der Waals surface area contributed by atoms with Crippen molar-refractivity contribution in [3.63, 3.8) is 0 Å². The fourth-order valence-electron chi connectivity index (χ4n) is 2.67. The smallest absolute Gasteiger partial charge is 0.374 e. The van der Waals surface area contributed by atoms with Crippen molar-refractivity contribution in [1.29, 1.82) is 0 Å². The molecule has 0 fully saturated rings. The molecule has 4 rings (SSSR count). The second kappa shape index (κ2) is 7.97. The summed E-state index contributed by atoms with van der Waals surface area (Å²) in [5, 5.41) is 0.736. The predicted octanol–water partition coefficient (Wildman–Crippen LogP) is 3.88. The van der Waals surface area contributed by atoms with Crippen LogP contribution in [0.3, 0.4) is 0 Å². The Balaban J connectivity index is 1.36. The Morgan fingerprint density at radius 2 is 1.79 bits per heavy atom. The van der Waals surface area contributed by atoms with E-state index in [0.29, 0.717) is 28.7 Å². The zero-order chi connectivity index (χ0) is 20.2. The zero-order valence-electron chi connectivity index (χ0n) is 15.2. The molecule has 0 unspecified atom stereocenters. The van der Waals surface area contributed by atoms with Gasteiger partial charge in [-0.1, -0.05) is 12.1 Å². The van der Waals surface area contributed by atoms with E-state index in [9.17, 15) is 9.18 Å². The average molecular weight is 393 g/mol. The van der Waals surface area contributed by atoms with Crippen molar-refractivity contribution in [2.45, 2.75) is 13.2 Å². The van der Waals surface area contributed by atoms with E-state index in [4.69, 9.17) is 19.6 Å². The predicted molar refractivity (Wildman–Crippen MR) is 103 cm³/mol. The Morgan fingerprint density at radius 3 is 2.62 bits per heavy atom. The summed E-state index contributed by atoms with van der Waals surface area (Å²) in [6.45, 7) is -0.0563. The van der Waals surface area contributed by atoms with Crippen LogP contribution in [0.1, 0.15) is 22.1 Å². The van der Waals surface area contributed by atoms with Gasteiger partial charge in [0.15, 0.2) is 12.4 Å². The van der Waals surface area contributed by atoms with Gasteiger partial charge < -0.3 is 19.6 Å². The van der Waals surface area contributed by atoms with Crippen LogP contribution in [0.5, 0.6) is 5.75 Å². The van der Waals surface area contributed by atoms with Gasteiger partial charge in [-0.05, 0) is 48.5 Å². The molecule has 146 valence electrons. The molecule has 2 aromatic heterocycles. The molecular weight excluding hydrogens is 377 g/mol. The van der Waals surface area contributed by atoms with E-state index in [1.54, 1.807) is 12.1 Å². The van der Waals surface area contributed by atoms with Crippen molar-refractivity contribution in [2.75, 3.05) is 5.73 Å². The minimum absolute atomic E-state index is 0.0245. The fourth-order valence-corrected chi connectivity index (χ4v) is 2.67. The molecule has 0 aliphatic heterocycles. The summed E-state index contributed by atoms with van der Waals surface area (Å²) in [4.78, 5) is 20.7. The van der Waals surface area contributed by atoms with Gasteiger partial charge in [-0.3, -0.25) is 0 Å². The number of furan rings is 1. The summed E-state index contributed by atoms with van der Waals surface area (Å²) in [5.41, 5.74) is 6.59. The van der Waals surface area contributed by atoms with Crippen LogP contribution in [0.25, 0.3) is 10.9 Å². The van der Waals surface area contributed by atoms with Gasteiger partial charge in [0.2, 0.25) is 5.76 Å². The van der Waals surface area contributed by atoms with Crippen molar-refractivity contribution < 1.29 is 23.1 Å². The molecule has 4 aromatic rings. The average Bonchev–Trinajstić information content (AvgIpc) is 3.21. The molecule has 0 saturated heterocycles. The Labute approximate surface area is 164 Å². The van der Waals surface area contributed by atoms with Crippen molar-refractivity contribution in [2.24, 2.45) is 0 Å². The van der Waals surface area contributed by atoms with Gasteiger partial charge in [0.05, 0.1) is 5.52 Å². The Hall–Kier alpha value is -3.94. The summed E-state index contributed by atoms with van der Waals surface area (Å²) in [6.07, 6.45) is 0. The van der Waals surface area contributed by atoms with Gasteiger partial charge >= 0.3 is 5.97 Å². The first-order chi connectivity index (χ1) is 14.1. The molecule has 2 N–H and O–H groups in total. The van der Waals surface area contributed by atoms with E-state index in [1.807, 2.05) is 18.2 Å². The molecule has 7 nitrogen and oxygen atoms in total. The van der Waals surface area contributed by atoms with Gasteiger partial charge in [0.1, 0.15) is 29.8 Å². The number of aromatic nitrogens is 2. The van der Waals surface area contributed by atoms with Crippen molar-refractivity contribution >= 4 is 22.7 Å². The second-order valence-corrected chi connectivity index (χ2v) is 6.13. The number of benzene rings is 2. The third-order valence-electron chi connectivity index (χ3n) is 4.07. The van der Waals surface area contributed by atoms with Crippen LogP contribution < -0.4 is 10.5 Å². The standard InChI is InChI=1S/C21H16FN3O4/c22-13-5-7-14(8-6-13)27-11-15-9-10-18(29-15)21(26)28-12-19-24-17-4-2-1-3-16(17)20(23)25-19/h1-10H,11-12H2,(H2,23,24,25). The number of hydrogen-bond acceptors (Lipinski definition) is 7. The van der Waals surface area contributed by atoms with Crippen LogP contribution in [-0.4, -0.2) is 15.9 Å². The number of hydrogen-bond donors (Lipinski definition) is 1. The number of anilines is 1. The van der Waals surface area contributed by atoms with E-state index in [-0.39, 0.29) is 24.8 Å². The molecule has 0 spiro atoms. The molecule has 8 heteroatoms. The van der Waals surface area contributed by atoms with Crippen LogP contribution in [-0.2, 0) is 18.0 Å². The summed E-state index contributed by atoms with van der Waals surface area (Å²) in [5.74, 6) is 0.536. The molecule has 29 heavy (non-hydrogen) atoms. The van der Waals surface area contributed by atoms with E-state index < -0.39 is 5.97 Å². The Kier molecular flexibility index (Phi) is 5.07. The molecule has 0 aliphatic carbocycles. The van der Waals surface area contributed by atoms with E-state index in [2.05, 4.69) is 9.97 Å². The molecule has 0 amide bonds. The van der Waals surface area contributed by atoms with Gasteiger partial charge in [0.25, 0.3) is 0 Å². The highest BCUT2D eigenvalue weighted by molar-refractivity contribution is 5.88. The van der Waals surface area contributed by atoms with Gasteiger partial charge in [-0.25, -0.2) is 19.2 Å². The summed E-state index contributed by atoms with van der Waals surface area (Å²) in [7, 11) is 0.